The van der Waals surface area contributed by atoms with Gasteiger partial charge in [0, 0.05) is 18.1 Å². The van der Waals surface area contributed by atoms with Gasteiger partial charge in [-0.3, -0.25) is 0 Å². The van der Waals surface area contributed by atoms with Crippen LogP contribution in [0.4, 0.5) is 0 Å². The zero-order valence-electron chi connectivity index (χ0n) is 10.9. The van der Waals surface area contributed by atoms with E-state index in [9.17, 15) is 0 Å². The van der Waals surface area contributed by atoms with Crippen LogP contribution in [0.25, 0.3) is 0 Å². The molecule has 0 aliphatic heterocycles. The van der Waals surface area contributed by atoms with Gasteiger partial charge in [-0.2, -0.15) is 0 Å². The van der Waals surface area contributed by atoms with Crippen molar-refractivity contribution >= 4 is 41.5 Å². The normalized spacial score (nSPS) is 10.7. The number of hydrogen-bond acceptors (Lipinski definition) is 1. The Bertz CT molecular complexity index is 369. The Morgan fingerprint density at radius 1 is 1.28 bits per heavy atom. The summed E-state index contributed by atoms with van der Waals surface area (Å²) in [5.74, 6) is 0.856. The molecule has 5 heteroatoms. The molecule has 2 N–H and O–H groups in total. The minimum Gasteiger partial charge on any atom is -0.357 e. The number of nitrogens with one attached hydrogen (secondary N) is 2. The first-order valence-electron chi connectivity index (χ1n) is 6.03. The lowest BCUT2D eigenvalue weighted by atomic mass is 10.2. The summed E-state index contributed by atoms with van der Waals surface area (Å²) >= 11 is 5.93. The lowest BCUT2D eigenvalue weighted by molar-refractivity contribution is 0.785. The number of nitrogens with zero attached hydrogens (tertiary/aromatic N) is 1. The summed E-state index contributed by atoms with van der Waals surface area (Å²) in [6.07, 6.45) is 1.08. The molecular formula is C13H21ClIN3. The first-order chi connectivity index (χ1) is 8.26. The first kappa shape index (κ1) is 17.5. The van der Waals surface area contributed by atoms with Gasteiger partial charge in [0.2, 0.25) is 0 Å². The number of halogens is 2. The Balaban J connectivity index is 0.00000289. The molecule has 1 aromatic rings. The van der Waals surface area contributed by atoms with Crippen molar-refractivity contribution in [3.63, 3.8) is 0 Å². The largest absolute Gasteiger partial charge is 0.357 e. The molecule has 18 heavy (non-hydrogen) atoms. The van der Waals surface area contributed by atoms with Crippen molar-refractivity contribution < 1.29 is 0 Å². The van der Waals surface area contributed by atoms with Crippen molar-refractivity contribution in [2.45, 2.75) is 26.8 Å². The monoisotopic (exact) mass is 381 g/mol. The predicted octanol–water partition coefficient (Wildman–Crippen LogP) is 3.42. The summed E-state index contributed by atoms with van der Waals surface area (Å²) in [4.78, 5) is 4.50. The second-order valence-corrected chi connectivity index (χ2v) is 4.19. The molecule has 0 saturated heterocycles. The first-order valence-corrected chi connectivity index (χ1v) is 6.40. The van der Waals surface area contributed by atoms with E-state index in [-0.39, 0.29) is 24.0 Å². The van der Waals surface area contributed by atoms with Crippen LogP contribution in [0.15, 0.2) is 29.3 Å². The molecular weight excluding hydrogens is 361 g/mol. The van der Waals surface area contributed by atoms with E-state index in [0.717, 1.165) is 36.1 Å². The van der Waals surface area contributed by atoms with Gasteiger partial charge in [-0.05, 0) is 31.0 Å². The van der Waals surface area contributed by atoms with Crippen LogP contribution < -0.4 is 10.6 Å². The number of benzene rings is 1. The Hall–Kier alpha value is -0.490. The van der Waals surface area contributed by atoms with E-state index >= 15 is 0 Å². The zero-order chi connectivity index (χ0) is 12.5. The van der Waals surface area contributed by atoms with Crippen LogP contribution in [-0.2, 0) is 6.54 Å². The molecule has 0 amide bonds. The molecule has 0 atom stereocenters. The van der Waals surface area contributed by atoms with E-state index < -0.39 is 0 Å². The van der Waals surface area contributed by atoms with E-state index in [0.29, 0.717) is 6.54 Å². The van der Waals surface area contributed by atoms with Crippen molar-refractivity contribution in [2.75, 3.05) is 13.1 Å². The molecule has 0 heterocycles. The van der Waals surface area contributed by atoms with E-state index in [1.165, 1.54) is 0 Å². The highest BCUT2D eigenvalue weighted by molar-refractivity contribution is 14.0. The Morgan fingerprint density at radius 2 is 2.06 bits per heavy atom. The summed E-state index contributed by atoms with van der Waals surface area (Å²) in [5.41, 5.74) is 1.12. The summed E-state index contributed by atoms with van der Waals surface area (Å²) in [7, 11) is 0. The molecule has 0 spiro atoms. The molecule has 102 valence electrons. The van der Waals surface area contributed by atoms with Gasteiger partial charge in [0.25, 0.3) is 0 Å². The summed E-state index contributed by atoms with van der Waals surface area (Å²) in [6.45, 7) is 6.63. The van der Waals surface area contributed by atoms with Crippen molar-refractivity contribution in [1.29, 1.82) is 0 Å². The van der Waals surface area contributed by atoms with E-state index in [4.69, 9.17) is 11.6 Å². The summed E-state index contributed by atoms with van der Waals surface area (Å²) < 4.78 is 0. The van der Waals surface area contributed by atoms with Crippen molar-refractivity contribution in [2.24, 2.45) is 4.99 Å². The molecule has 0 unspecified atom stereocenters. The van der Waals surface area contributed by atoms with Gasteiger partial charge in [-0.25, -0.2) is 4.99 Å². The fourth-order valence-corrected chi connectivity index (χ4v) is 1.60. The zero-order valence-corrected chi connectivity index (χ0v) is 14.0. The molecule has 1 rings (SSSR count). The highest BCUT2D eigenvalue weighted by Crippen LogP contribution is 2.11. The van der Waals surface area contributed by atoms with Crippen LogP contribution in [0.1, 0.15) is 25.8 Å². The highest BCUT2D eigenvalue weighted by atomic mass is 127. The molecule has 0 aromatic heterocycles. The van der Waals surface area contributed by atoms with Crippen LogP contribution in [0.3, 0.4) is 0 Å². The Morgan fingerprint density at radius 3 is 2.67 bits per heavy atom. The van der Waals surface area contributed by atoms with Crippen molar-refractivity contribution in [3.8, 4) is 0 Å². The minimum absolute atomic E-state index is 0. The van der Waals surface area contributed by atoms with Gasteiger partial charge in [0.1, 0.15) is 0 Å². The molecule has 0 aliphatic rings. The topological polar surface area (TPSA) is 36.4 Å². The third kappa shape index (κ3) is 7.06. The lowest BCUT2D eigenvalue weighted by Gasteiger charge is -2.10. The molecule has 0 aliphatic carbocycles. The fraction of sp³-hybridized carbons (Fsp3) is 0.462. The second kappa shape index (κ2) is 10.4. The Labute approximate surface area is 131 Å². The van der Waals surface area contributed by atoms with E-state index in [1.54, 1.807) is 0 Å². The fourth-order valence-electron chi connectivity index (χ4n) is 1.39. The smallest absolute Gasteiger partial charge is 0.191 e. The molecule has 0 bridgehead atoms. The maximum absolute atomic E-state index is 5.93. The average molecular weight is 382 g/mol. The molecule has 0 saturated carbocycles. The number of aliphatic imine (C=N–C) groups is 1. The van der Waals surface area contributed by atoms with Gasteiger partial charge in [0.05, 0.1) is 6.54 Å². The number of hydrogen-bond donors (Lipinski definition) is 2. The van der Waals surface area contributed by atoms with Crippen LogP contribution in [0.2, 0.25) is 5.02 Å². The average Bonchev–Trinajstić information content (AvgIpc) is 2.33. The van der Waals surface area contributed by atoms with Crippen molar-refractivity contribution in [3.05, 3.63) is 34.9 Å². The van der Waals surface area contributed by atoms with Gasteiger partial charge >= 0.3 is 0 Å². The molecule has 3 nitrogen and oxygen atoms in total. The standard InChI is InChI=1S/C13H20ClN3.HI/c1-3-8-16-13(15-4-2)17-10-11-6-5-7-12(14)9-11;/h5-7,9H,3-4,8,10H2,1-2H3,(H2,15,16,17);1H. The summed E-state index contributed by atoms with van der Waals surface area (Å²) in [5, 5.41) is 7.22. The lowest BCUT2D eigenvalue weighted by Crippen LogP contribution is -2.37. The summed E-state index contributed by atoms with van der Waals surface area (Å²) in [6, 6.07) is 7.78. The van der Waals surface area contributed by atoms with Gasteiger partial charge in [-0.15, -0.1) is 24.0 Å². The van der Waals surface area contributed by atoms with Crippen LogP contribution >= 0.6 is 35.6 Å². The number of rotatable bonds is 5. The Kier molecular flexibility index (Phi) is 10.2. The third-order valence-corrected chi connectivity index (χ3v) is 2.43. The third-order valence-electron chi connectivity index (χ3n) is 2.20. The second-order valence-electron chi connectivity index (χ2n) is 3.75. The highest BCUT2D eigenvalue weighted by Gasteiger charge is 1.96. The van der Waals surface area contributed by atoms with Gasteiger partial charge in [0.15, 0.2) is 5.96 Å². The molecule has 1 aromatic carbocycles. The van der Waals surface area contributed by atoms with Gasteiger partial charge in [-0.1, -0.05) is 30.7 Å². The quantitative estimate of drug-likeness (QED) is 0.466. The van der Waals surface area contributed by atoms with Crippen LogP contribution in [0.5, 0.6) is 0 Å². The maximum atomic E-state index is 5.93. The molecule has 0 radical (unpaired) electrons. The van der Waals surface area contributed by atoms with Crippen LogP contribution in [0, 0.1) is 0 Å². The predicted molar refractivity (Wildman–Crippen MR) is 90.0 cm³/mol. The minimum atomic E-state index is 0. The van der Waals surface area contributed by atoms with E-state index in [1.807, 2.05) is 24.3 Å². The van der Waals surface area contributed by atoms with Crippen molar-refractivity contribution in [1.82, 2.24) is 10.6 Å². The SMILES string of the molecule is CCCNC(=NCc1cccc(Cl)c1)NCC.I. The maximum Gasteiger partial charge on any atom is 0.191 e. The van der Waals surface area contributed by atoms with Crippen LogP contribution in [-0.4, -0.2) is 19.0 Å². The van der Waals surface area contributed by atoms with Gasteiger partial charge < -0.3 is 10.6 Å². The molecule has 0 fully saturated rings. The van der Waals surface area contributed by atoms with E-state index in [2.05, 4.69) is 29.5 Å². The number of guanidine groups is 1.